The molecule has 6 heteroatoms. The maximum absolute atomic E-state index is 12.1. The molecule has 0 atom stereocenters. The van der Waals surface area contributed by atoms with E-state index in [0.717, 1.165) is 44.1 Å². The summed E-state index contributed by atoms with van der Waals surface area (Å²) in [7, 11) is 0. The molecule has 0 spiro atoms. The van der Waals surface area contributed by atoms with Crippen LogP contribution >= 0.6 is 12.2 Å². The number of carbonyl (C=O) groups is 1. The van der Waals surface area contributed by atoms with E-state index in [9.17, 15) is 4.79 Å². The lowest BCUT2D eigenvalue weighted by molar-refractivity contribution is -0.115. The van der Waals surface area contributed by atoms with E-state index < -0.39 is 0 Å². The van der Waals surface area contributed by atoms with E-state index in [2.05, 4.69) is 53.6 Å². The van der Waals surface area contributed by atoms with Crippen molar-refractivity contribution in [1.82, 2.24) is 10.2 Å². The van der Waals surface area contributed by atoms with E-state index in [0.29, 0.717) is 5.92 Å². The Morgan fingerprint density at radius 3 is 2.40 bits per heavy atom. The average Bonchev–Trinajstić information content (AvgIpc) is 2.74. The van der Waals surface area contributed by atoms with Crippen LogP contribution in [0.25, 0.3) is 6.08 Å². The molecule has 2 aromatic rings. The summed E-state index contributed by atoms with van der Waals surface area (Å²) in [6.07, 6.45) is 3.27. The Hall–Kier alpha value is -2.54. The topological polar surface area (TPSA) is 53.6 Å². The first-order valence-electron chi connectivity index (χ1n) is 10.3. The number of anilines is 1. The Bertz CT molecular complexity index is 870. The van der Waals surface area contributed by atoms with Crippen LogP contribution < -0.4 is 10.6 Å². The fourth-order valence-corrected chi connectivity index (χ4v) is 3.41. The third kappa shape index (κ3) is 7.06. The van der Waals surface area contributed by atoms with E-state index in [1.54, 1.807) is 6.08 Å². The van der Waals surface area contributed by atoms with Gasteiger partial charge < -0.3 is 10.1 Å². The second-order valence-corrected chi connectivity index (χ2v) is 8.09. The monoisotopic (exact) mass is 423 g/mol. The van der Waals surface area contributed by atoms with Crippen LogP contribution in [-0.4, -0.2) is 42.2 Å². The van der Waals surface area contributed by atoms with Crippen molar-refractivity contribution in [2.45, 2.75) is 26.3 Å². The van der Waals surface area contributed by atoms with Gasteiger partial charge in [0.05, 0.1) is 13.2 Å². The molecule has 0 bridgehead atoms. The first kappa shape index (κ1) is 22.2. The van der Waals surface area contributed by atoms with Crippen LogP contribution in [0, 0.1) is 0 Å². The lowest BCUT2D eigenvalue weighted by Gasteiger charge is -2.26. The summed E-state index contributed by atoms with van der Waals surface area (Å²) < 4.78 is 5.38. The number of thiocarbonyl (C=S) groups is 1. The number of ether oxygens (including phenoxy) is 1. The average molecular weight is 424 g/mol. The molecule has 30 heavy (non-hydrogen) atoms. The summed E-state index contributed by atoms with van der Waals surface area (Å²) >= 11 is 5.25. The van der Waals surface area contributed by atoms with E-state index in [1.807, 2.05) is 24.3 Å². The number of hydrogen-bond donors (Lipinski definition) is 2. The second-order valence-electron chi connectivity index (χ2n) is 7.68. The van der Waals surface area contributed by atoms with Crippen molar-refractivity contribution in [3.8, 4) is 0 Å². The number of rotatable bonds is 6. The molecule has 1 aliphatic heterocycles. The fraction of sp³-hybridized carbons (Fsp3) is 0.333. The molecule has 2 aromatic carbocycles. The van der Waals surface area contributed by atoms with Crippen LogP contribution in [0.15, 0.2) is 54.6 Å². The summed E-state index contributed by atoms with van der Waals surface area (Å²) in [5.41, 5.74) is 4.34. The first-order valence-corrected chi connectivity index (χ1v) is 10.7. The highest BCUT2D eigenvalue weighted by Gasteiger charge is 2.10. The molecule has 0 saturated carbocycles. The molecular weight excluding hydrogens is 394 g/mol. The molecule has 5 nitrogen and oxygen atoms in total. The second kappa shape index (κ2) is 11.0. The fourth-order valence-electron chi connectivity index (χ4n) is 3.19. The summed E-state index contributed by atoms with van der Waals surface area (Å²) in [5, 5.41) is 6.01. The molecule has 0 radical (unpaired) electrons. The number of carbonyl (C=O) groups excluding carboxylic acids is 1. The maximum atomic E-state index is 12.1. The van der Waals surface area contributed by atoms with Crippen molar-refractivity contribution >= 4 is 35.0 Å². The van der Waals surface area contributed by atoms with Crippen LogP contribution in [0.4, 0.5) is 5.69 Å². The van der Waals surface area contributed by atoms with Crippen molar-refractivity contribution in [2.24, 2.45) is 0 Å². The minimum absolute atomic E-state index is 0.260. The normalized spacial score (nSPS) is 14.8. The Morgan fingerprint density at radius 1 is 1.10 bits per heavy atom. The summed E-state index contributed by atoms with van der Waals surface area (Å²) in [6, 6.07) is 16.3. The number of morpholine rings is 1. The van der Waals surface area contributed by atoms with Gasteiger partial charge in [0.2, 0.25) is 5.91 Å². The number of nitrogens with one attached hydrogen (secondary N) is 2. The molecule has 158 valence electrons. The summed E-state index contributed by atoms with van der Waals surface area (Å²) in [4.78, 5) is 14.5. The van der Waals surface area contributed by atoms with Gasteiger partial charge in [-0.3, -0.25) is 15.0 Å². The predicted octanol–water partition coefficient (Wildman–Crippen LogP) is 4.17. The number of benzene rings is 2. The third-order valence-electron chi connectivity index (χ3n) is 4.99. The zero-order valence-electron chi connectivity index (χ0n) is 17.6. The van der Waals surface area contributed by atoms with Crippen molar-refractivity contribution in [3.05, 3.63) is 71.3 Å². The Kier molecular flexibility index (Phi) is 8.13. The SMILES string of the molecule is CC(C)c1ccc(/C=C/C(=O)NC(=S)Nc2ccc(CN3CCOCC3)cc2)cc1. The Balaban J connectivity index is 1.45. The molecule has 0 aromatic heterocycles. The van der Waals surface area contributed by atoms with Crippen molar-refractivity contribution in [1.29, 1.82) is 0 Å². The highest BCUT2D eigenvalue weighted by Crippen LogP contribution is 2.15. The van der Waals surface area contributed by atoms with Crippen molar-refractivity contribution in [2.75, 3.05) is 31.6 Å². The highest BCUT2D eigenvalue weighted by molar-refractivity contribution is 7.80. The highest BCUT2D eigenvalue weighted by atomic mass is 32.1. The van der Waals surface area contributed by atoms with E-state index >= 15 is 0 Å². The quantitative estimate of drug-likeness (QED) is 0.540. The van der Waals surface area contributed by atoms with Gasteiger partial charge in [-0.2, -0.15) is 0 Å². The lowest BCUT2D eigenvalue weighted by Crippen LogP contribution is -2.35. The summed E-state index contributed by atoms with van der Waals surface area (Å²) in [5.74, 6) is 0.229. The van der Waals surface area contributed by atoms with Crippen LogP contribution in [0.5, 0.6) is 0 Å². The predicted molar refractivity (Wildman–Crippen MR) is 126 cm³/mol. The molecule has 1 aliphatic rings. The van der Waals surface area contributed by atoms with E-state index in [-0.39, 0.29) is 11.0 Å². The maximum Gasteiger partial charge on any atom is 0.250 e. The zero-order chi connectivity index (χ0) is 21.3. The van der Waals surface area contributed by atoms with Crippen LogP contribution in [0.2, 0.25) is 0 Å². The van der Waals surface area contributed by atoms with Crippen molar-refractivity contribution in [3.63, 3.8) is 0 Å². The number of nitrogens with zero attached hydrogens (tertiary/aromatic N) is 1. The molecule has 3 rings (SSSR count). The standard InChI is InChI=1S/C24H29N3O2S/c1-18(2)21-8-3-19(4-9-21)7-12-23(28)26-24(30)25-22-10-5-20(6-11-22)17-27-13-15-29-16-14-27/h3-12,18H,13-17H2,1-2H3,(H2,25,26,28,30)/b12-7+. The first-order chi connectivity index (χ1) is 14.5. The van der Waals surface area contributed by atoms with E-state index in [1.165, 1.54) is 17.2 Å². The van der Waals surface area contributed by atoms with Crippen LogP contribution in [0.3, 0.4) is 0 Å². The number of amides is 1. The minimum atomic E-state index is -0.260. The molecule has 1 heterocycles. The van der Waals surface area contributed by atoms with Gasteiger partial charge in [-0.1, -0.05) is 50.2 Å². The molecule has 1 amide bonds. The van der Waals surface area contributed by atoms with Gasteiger partial charge in [0.15, 0.2) is 5.11 Å². The molecule has 1 fully saturated rings. The van der Waals surface area contributed by atoms with Crippen LogP contribution in [0.1, 0.15) is 36.5 Å². The molecule has 0 unspecified atom stereocenters. The van der Waals surface area contributed by atoms with Gasteiger partial charge in [-0.25, -0.2) is 0 Å². The molecule has 1 saturated heterocycles. The smallest absolute Gasteiger partial charge is 0.250 e. The molecule has 2 N–H and O–H groups in total. The Labute approximate surface area is 184 Å². The zero-order valence-corrected chi connectivity index (χ0v) is 18.4. The van der Waals surface area contributed by atoms with Crippen LogP contribution in [-0.2, 0) is 16.1 Å². The molecular formula is C24H29N3O2S. The molecule has 0 aliphatic carbocycles. The van der Waals surface area contributed by atoms with Gasteiger partial charge in [-0.15, -0.1) is 0 Å². The number of hydrogen-bond acceptors (Lipinski definition) is 4. The largest absolute Gasteiger partial charge is 0.379 e. The third-order valence-corrected chi connectivity index (χ3v) is 5.19. The van der Waals surface area contributed by atoms with E-state index in [4.69, 9.17) is 17.0 Å². The Morgan fingerprint density at radius 2 is 1.77 bits per heavy atom. The minimum Gasteiger partial charge on any atom is -0.379 e. The van der Waals surface area contributed by atoms with Gasteiger partial charge >= 0.3 is 0 Å². The van der Waals surface area contributed by atoms with Crippen molar-refractivity contribution < 1.29 is 9.53 Å². The lowest BCUT2D eigenvalue weighted by atomic mass is 10.0. The van der Waals surface area contributed by atoms with Gasteiger partial charge in [0, 0.05) is 31.4 Å². The van der Waals surface area contributed by atoms with Gasteiger partial charge in [-0.05, 0) is 53.0 Å². The summed E-state index contributed by atoms with van der Waals surface area (Å²) in [6.45, 7) is 8.75. The van der Waals surface area contributed by atoms with Gasteiger partial charge in [0.1, 0.15) is 0 Å². The van der Waals surface area contributed by atoms with Gasteiger partial charge in [0.25, 0.3) is 0 Å².